The van der Waals surface area contributed by atoms with Crippen molar-refractivity contribution >= 4 is 11.0 Å². The molecule has 0 saturated carbocycles. The Morgan fingerprint density at radius 3 is 2.50 bits per heavy atom. The average molecular weight is 258 g/mol. The van der Waals surface area contributed by atoms with Gasteiger partial charge >= 0.3 is 0 Å². The predicted molar refractivity (Wildman–Crippen MR) is 82.3 cm³/mol. The number of rotatable bonds is 2. The number of fused-ring (bicyclic) bond motifs is 1. The molecule has 20 heavy (non-hydrogen) atoms. The summed E-state index contributed by atoms with van der Waals surface area (Å²) in [5, 5.41) is 0. The van der Waals surface area contributed by atoms with Crippen LogP contribution in [-0.4, -0.2) is 9.97 Å². The van der Waals surface area contributed by atoms with Crippen molar-refractivity contribution in [3.8, 4) is 23.6 Å². The minimum Gasteiger partial charge on any atom is -0.249 e. The number of benzene rings is 2. The molecule has 0 amide bonds. The first-order chi connectivity index (χ1) is 9.83. The van der Waals surface area contributed by atoms with E-state index in [2.05, 4.69) is 12.8 Å². The summed E-state index contributed by atoms with van der Waals surface area (Å²) in [6, 6.07) is 15.9. The maximum atomic E-state index is 5.56. The first-order valence-corrected chi connectivity index (χ1v) is 6.65. The van der Waals surface area contributed by atoms with E-state index in [4.69, 9.17) is 16.4 Å². The fraction of sp³-hybridized carbons (Fsp3) is 0.111. The second kappa shape index (κ2) is 5.14. The highest BCUT2D eigenvalue weighted by Crippen LogP contribution is 2.24. The zero-order chi connectivity index (χ0) is 13.9. The molecule has 0 aliphatic rings. The summed E-state index contributed by atoms with van der Waals surface area (Å²) < 4.78 is 0. The summed E-state index contributed by atoms with van der Waals surface area (Å²) >= 11 is 0. The molecule has 1 heterocycles. The van der Waals surface area contributed by atoms with Crippen molar-refractivity contribution < 1.29 is 0 Å². The lowest BCUT2D eigenvalue weighted by atomic mass is 10.1. The SMILES string of the molecule is C#Cc1cccc2nc(CC)c(-c3ccccc3)nc12. The predicted octanol–water partition coefficient (Wildman–Crippen LogP) is 3.84. The Hall–Kier alpha value is -2.66. The molecule has 2 heteroatoms. The molecule has 1 aromatic heterocycles. The van der Waals surface area contributed by atoms with Gasteiger partial charge in [-0.2, -0.15) is 0 Å². The molecular formula is C18H14N2. The Bertz CT molecular complexity index is 799. The van der Waals surface area contributed by atoms with Crippen molar-refractivity contribution in [3.63, 3.8) is 0 Å². The lowest BCUT2D eigenvalue weighted by Gasteiger charge is -2.09. The number of nitrogens with zero attached hydrogens (tertiary/aromatic N) is 2. The first-order valence-electron chi connectivity index (χ1n) is 6.65. The largest absolute Gasteiger partial charge is 0.249 e. The molecule has 96 valence electrons. The number of terminal acetylenes is 1. The van der Waals surface area contributed by atoms with E-state index in [1.165, 1.54) is 0 Å². The quantitative estimate of drug-likeness (QED) is 0.653. The molecule has 2 aromatic carbocycles. The molecule has 0 fully saturated rings. The van der Waals surface area contributed by atoms with Gasteiger partial charge in [0, 0.05) is 5.56 Å². The van der Waals surface area contributed by atoms with E-state index in [-0.39, 0.29) is 0 Å². The van der Waals surface area contributed by atoms with Gasteiger partial charge in [-0.05, 0) is 18.6 Å². The average Bonchev–Trinajstić information content (AvgIpc) is 2.53. The fourth-order valence-corrected chi connectivity index (χ4v) is 2.30. The minimum absolute atomic E-state index is 0.787. The molecule has 0 saturated heterocycles. The number of hydrogen-bond acceptors (Lipinski definition) is 2. The summed E-state index contributed by atoms with van der Waals surface area (Å²) in [4.78, 5) is 9.50. The van der Waals surface area contributed by atoms with Crippen LogP contribution in [0, 0.1) is 12.3 Å². The fourth-order valence-electron chi connectivity index (χ4n) is 2.30. The van der Waals surface area contributed by atoms with Gasteiger partial charge in [-0.3, -0.25) is 0 Å². The van der Waals surface area contributed by atoms with Crippen molar-refractivity contribution in [1.29, 1.82) is 0 Å². The van der Waals surface area contributed by atoms with Crippen LogP contribution in [0.5, 0.6) is 0 Å². The molecule has 0 radical (unpaired) electrons. The van der Waals surface area contributed by atoms with E-state index in [9.17, 15) is 0 Å². The van der Waals surface area contributed by atoms with Gasteiger partial charge in [0.1, 0.15) is 5.52 Å². The number of para-hydroxylation sites is 1. The molecule has 2 nitrogen and oxygen atoms in total. The summed E-state index contributed by atoms with van der Waals surface area (Å²) in [6.07, 6.45) is 6.40. The topological polar surface area (TPSA) is 25.8 Å². The number of aromatic nitrogens is 2. The Morgan fingerprint density at radius 2 is 1.80 bits per heavy atom. The van der Waals surface area contributed by atoms with Gasteiger partial charge in [-0.15, -0.1) is 6.42 Å². The molecule has 0 unspecified atom stereocenters. The first kappa shape index (κ1) is 12.4. The van der Waals surface area contributed by atoms with Crippen molar-refractivity contribution in [2.24, 2.45) is 0 Å². The monoisotopic (exact) mass is 258 g/mol. The van der Waals surface area contributed by atoms with Crippen LogP contribution in [-0.2, 0) is 6.42 Å². The Kier molecular flexibility index (Phi) is 3.18. The van der Waals surface area contributed by atoms with Crippen molar-refractivity contribution in [3.05, 3.63) is 59.8 Å². The van der Waals surface area contributed by atoms with E-state index in [1.807, 2.05) is 48.5 Å². The van der Waals surface area contributed by atoms with Gasteiger partial charge in [0.2, 0.25) is 0 Å². The smallest absolute Gasteiger partial charge is 0.105 e. The van der Waals surface area contributed by atoms with Crippen molar-refractivity contribution in [2.75, 3.05) is 0 Å². The minimum atomic E-state index is 0.787. The molecule has 0 aliphatic carbocycles. The number of hydrogen-bond donors (Lipinski definition) is 0. The van der Waals surface area contributed by atoms with E-state index in [0.717, 1.165) is 40.0 Å². The lowest BCUT2D eigenvalue weighted by Crippen LogP contribution is -1.99. The van der Waals surface area contributed by atoms with Crippen LogP contribution in [0.15, 0.2) is 48.5 Å². The maximum absolute atomic E-state index is 5.56. The number of aryl methyl sites for hydroxylation is 1. The lowest BCUT2D eigenvalue weighted by molar-refractivity contribution is 1.04. The molecule has 0 atom stereocenters. The summed E-state index contributed by atoms with van der Waals surface area (Å²) in [5.41, 5.74) is 5.43. The molecule has 3 rings (SSSR count). The van der Waals surface area contributed by atoms with Crippen LogP contribution in [0.2, 0.25) is 0 Å². The van der Waals surface area contributed by atoms with Crippen LogP contribution >= 0.6 is 0 Å². The second-order valence-corrected chi connectivity index (χ2v) is 4.56. The standard InChI is InChI=1S/C18H14N2/c1-3-13-11-8-12-16-17(13)20-18(15(4-2)19-16)14-9-6-5-7-10-14/h1,5-12H,4H2,2H3. The molecule has 0 bridgehead atoms. The van der Waals surface area contributed by atoms with Crippen LogP contribution in [0.4, 0.5) is 0 Å². The van der Waals surface area contributed by atoms with Gasteiger partial charge < -0.3 is 0 Å². The Morgan fingerprint density at radius 1 is 1.00 bits per heavy atom. The highest BCUT2D eigenvalue weighted by atomic mass is 14.8. The van der Waals surface area contributed by atoms with Crippen molar-refractivity contribution in [2.45, 2.75) is 13.3 Å². The Balaban J connectivity index is 2.34. The highest BCUT2D eigenvalue weighted by molar-refractivity contribution is 5.83. The molecule has 0 aliphatic heterocycles. The van der Waals surface area contributed by atoms with E-state index >= 15 is 0 Å². The summed E-state index contributed by atoms with van der Waals surface area (Å²) in [5.74, 6) is 2.68. The third kappa shape index (κ3) is 2.04. The molecular weight excluding hydrogens is 244 g/mol. The van der Waals surface area contributed by atoms with E-state index < -0.39 is 0 Å². The van der Waals surface area contributed by atoms with E-state index in [1.54, 1.807) is 0 Å². The maximum Gasteiger partial charge on any atom is 0.105 e. The second-order valence-electron chi connectivity index (χ2n) is 4.56. The highest BCUT2D eigenvalue weighted by Gasteiger charge is 2.11. The van der Waals surface area contributed by atoms with Gasteiger partial charge in [0.05, 0.1) is 22.5 Å². The molecule has 0 spiro atoms. The van der Waals surface area contributed by atoms with Crippen molar-refractivity contribution in [1.82, 2.24) is 9.97 Å². The van der Waals surface area contributed by atoms with Gasteiger partial charge in [0.15, 0.2) is 0 Å². The third-order valence-corrected chi connectivity index (χ3v) is 3.30. The normalized spacial score (nSPS) is 10.4. The van der Waals surface area contributed by atoms with Gasteiger partial charge in [-0.1, -0.05) is 49.2 Å². The third-order valence-electron chi connectivity index (χ3n) is 3.30. The van der Waals surface area contributed by atoms with Crippen LogP contribution in [0.1, 0.15) is 18.2 Å². The van der Waals surface area contributed by atoms with Crippen LogP contribution in [0.3, 0.4) is 0 Å². The van der Waals surface area contributed by atoms with Gasteiger partial charge in [0.25, 0.3) is 0 Å². The summed E-state index contributed by atoms with van der Waals surface area (Å²) in [6.45, 7) is 2.09. The molecule has 0 N–H and O–H groups in total. The van der Waals surface area contributed by atoms with E-state index in [0.29, 0.717) is 0 Å². The zero-order valence-electron chi connectivity index (χ0n) is 11.3. The van der Waals surface area contributed by atoms with Gasteiger partial charge in [-0.25, -0.2) is 9.97 Å². The molecule has 3 aromatic rings. The van der Waals surface area contributed by atoms with Crippen LogP contribution in [0.25, 0.3) is 22.3 Å². The summed E-state index contributed by atoms with van der Waals surface area (Å²) in [7, 11) is 0. The zero-order valence-corrected chi connectivity index (χ0v) is 11.3. The Labute approximate surface area is 118 Å². The van der Waals surface area contributed by atoms with Crippen LogP contribution < -0.4 is 0 Å².